The lowest BCUT2D eigenvalue weighted by molar-refractivity contribution is -0.123. The summed E-state index contributed by atoms with van der Waals surface area (Å²) in [5.41, 5.74) is 14.3. The van der Waals surface area contributed by atoms with Crippen molar-refractivity contribution in [3.8, 4) is 16.9 Å². The minimum Gasteiger partial charge on any atom is -0.495 e. The predicted octanol–water partition coefficient (Wildman–Crippen LogP) is 1.99. The molecule has 0 spiro atoms. The molecule has 7 nitrogen and oxygen atoms in total. The molecule has 7 heteroatoms. The molecular formula is C20H24N4O3. The van der Waals surface area contributed by atoms with Gasteiger partial charge in [-0.2, -0.15) is 0 Å². The van der Waals surface area contributed by atoms with Crippen molar-refractivity contribution in [3.63, 3.8) is 0 Å². The van der Waals surface area contributed by atoms with E-state index in [4.69, 9.17) is 16.2 Å². The highest BCUT2D eigenvalue weighted by atomic mass is 16.5. The molecule has 2 amide bonds. The number of hydrogen-bond donors (Lipinski definition) is 2. The Morgan fingerprint density at radius 3 is 2.56 bits per heavy atom. The molecule has 0 radical (unpaired) electrons. The lowest BCUT2D eigenvalue weighted by atomic mass is 9.95. The van der Waals surface area contributed by atoms with Gasteiger partial charge in [0.25, 0.3) is 5.91 Å². The van der Waals surface area contributed by atoms with Gasteiger partial charge in [-0.3, -0.25) is 9.59 Å². The van der Waals surface area contributed by atoms with Crippen LogP contribution in [0.4, 0.5) is 5.82 Å². The number of likely N-dealkylation sites (tertiary alicyclic amines) is 1. The number of piperidine rings is 1. The molecular weight excluding hydrogens is 344 g/mol. The number of ether oxygens (including phenoxy) is 1. The third-order valence-corrected chi connectivity index (χ3v) is 5.02. The molecule has 0 saturated carbocycles. The molecule has 1 aliphatic heterocycles. The summed E-state index contributed by atoms with van der Waals surface area (Å²) >= 11 is 0. The number of primary amides is 1. The number of benzene rings is 1. The number of pyridine rings is 1. The van der Waals surface area contributed by atoms with Gasteiger partial charge in [0.15, 0.2) is 0 Å². The molecule has 2 heterocycles. The zero-order valence-electron chi connectivity index (χ0n) is 15.6. The van der Waals surface area contributed by atoms with Crippen LogP contribution in [-0.2, 0) is 4.79 Å². The Hall–Kier alpha value is -3.09. The van der Waals surface area contributed by atoms with Gasteiger partial charge < -0.3 is 21.1 Å². The number of nitrogens with zero attached hydrogens (tertiary/aromatic N) is 2. The molecule has 0 unspecified atom stereocenters. The number of hydrogen-bond acceptors (Lipinski definition) is 5. The van der Waals surface area contributed by atoms with Crippen LogP contribution >= 0.6 is 0 Å². The van der Waals surface area contributed by atoms with Crippen molar-refractivity contribution in [2.75, 3.05) is 25.9 Å². The number of rotatable bonds is 4. The fraction of sp³-hybridized carbons (Fsp3) is 0.350. The number of carbonyl (C=O) groups excluding carboxylic acids is 2. The predicted molar refractivity (Wildman–Crippen MR) is 103 cm³/mol. The van der Waals surface area contributed by atoms with Crippen LogP contribution in [0, 0.1) is 12.8 Å². The van der Waals surface area contributed by atoms with Crippen LogP contribution in [0.25, 0.3) is 11.1 Å². The second kappa shape index (κ2) is 7.65. The number of carbonyl (C=O) groups is 2. The molecule has 0 atom stereocenters. The average Bonchev–Trinajstić information content (AvgIpc) is 2.67. The third-order valence-electron chi connectivity index (χ3n) is 5.02. The summed E-state index contributed by atoms with van der Waals surface area (Å²) < 4.78 is 5.33. The van der Waals surface area contributed by atoms with Crippen LogP contribution in [0.3, 0.4) is 0 Å². The summed E-state index contributed by atoms with van der Waals surface area (Å²) in [7, 11) is 1.58. The fourth-order valence-electron chi connectivity index (χ4n) is 3.41. The lowest BCUT2D eigenvalue weighted by Gasteiger charge is -2.30. The van der Waals surface area contributed by atoms with Crippen LogP contribution in [0.15, 0.2) is 30.3 Å². The molecule has 0 aliphatic carbocycles. The summed E-state index contributed by atoms with van der Waals surface area (Å²) in [4.78, 5) is 30.2. The van der Waals surface area contributed by atoms with E-state index in [1.54, 1.807) is 18.1 Å². The van der Waals surface area contributed by atoms with Crippen LogP contribution < -0.4 is 16.2 Å². The van der Waals surface area contributed by atoms with Crippen molar-refractivity contribution in [1.29, 1.82) is 0 Å². The molecule has 1 fully saturated rings. The van der Waals surface area contributed by atoms with Crippen molar-refractivity contribution in [3.05, 3.63) is 41.6 Å². The second-order valence-corrected chi connectivity index (χ2v) is 6.76. The van der Waals surface area contributed by atoms with Gasteiger partial charge in [0.1, 0.15) is 11.6 Å². The topological polar surface area (TPSA) is 112 Å². The number of aryl methyl sites for hydroxylation is 1. The molecule has 1 saturated heterocycles. The molecule has 0 bridgehead atoms. The molecule has 142 valence electrons. The maximum absolute atomic E-state index is 12.9. The smallest absolute Gasteiger partial charge is 0.253 e. The summed E-state index contributed by atoms with van der Waals surface area (Å²) in [5.74, 6) is 0.529. The Morgan fingerprint density at radius 2 is 1.93 bits per heavy atom. The van der Waals surface area contributed by atoms with Gasteiger partial charge in [-0.1, -0.05) is 12.1 Å². The second-order valence-electron chi connectivity index (χ2n) is 6.76. The standard InChI is InChI=1S/C20H24N4O3/c1-12-17(27-2)11-16(18(21)23-12)14-4-3-5-15(10-14)20(26)24-8-6-13(7-9-24)19(22)25/h3-5,10-11,13H,6-9H2,1-2H3,(H2,21,23)(H2,22,25). The Kier molecular flexibility index (Phi) is 5.30. The zero-order chi connectivity index (χ0) is 19.6. The molecule has 1 aromatic heterocycles. The number of anilines is 1. The Morgan fingerprint density at radius 1 is 1.22 bits per heavy atom. The first kappa shape index (κ1) is 18.7. The van der Waals surface area contributed by atoms with Gasteiger partial charge in [0.2, 0.25) is 5.91 Å². The van der Waals surface area contributed by atoms with Crippen molar-refractivity contribution < 1.29 is 14.3 Å². The first-order valence-electron chi connectivity index (χ1n) is 8.91. The van der Waals surface area contributed by atoms with E-state index in [-0.39, 0.29) is 17.7 Å². The van der Waals surface area contributed by atoms with E-state index in [9.17, 15) is 9.59 Å². The van der Waals surface area contributed by atoms with Gasteiger partial charge in [-0.25, -0.2) is 4.98 Å². The number of amides is 2. The van der Waals surface area contributed by atoms with E-state index >= 15 is 0 Å². The van der Waals surface area contributed by atoms with E-state index in [0.717, 1.165) is 11.1 Å². The van der Waals surface area contributed by atoms with E-state index in [0.29, 0.717) is 48.8 Å². The van der Waals surface area contributed by atoms with Crippen LogP contribution in [0.2, 0.25) is 0 Å². The quantitative estimate of drug-likeness (QED) is 0.857. The lowest BCUT2D eigenvalue weighted by Crippen LogP contribution is -2.41. The maximum atomic E-state index is 12.9. The summed E-state index contributed by atoms with van der Waals surface area (Å²) in [6.45, 7) is 2.88. The average molecular weight is 368 g/mol. The number of methoxy groups -OCH3 is 1. The van der Waals surface area contributed by atoms with Gasteiger partial charge in [0, 0.05) is 30.1 Å². The largest absolute Gasteiger partial charge is 0.495 e. The molecule has 3 rings (SSSR count). The Labute approximate surface area is 158 Å². The number of nitrogens with two attached hydrogens (primary N) is 2. The third kappa shape index (κ3) is 3.86. The minimum atomic E-state index is -0.291. The first-order chi connectivity index (χ1) is 12.9. The van der Waals surface area contributed by atoms with Crippen molar-refractivity contribution in [2.45, 2.75) is 19.8 Å². The Balaban J connectivity index is 1.84. The van der Waals surface area contributed by atoms with E-state index in [2.05, 4.69) is 4.98 Å². The number of aromatic nitrogens is 1. The molecule has 1 aliphatic rings. The van der Waals surface area contributed by atoms with Crippen LogP contribution in [-0.4, -0.2) is 41.9 Å². The zero-order valence-corrected chi connectivity index (χ0v) is 15.6. The van der Waals surface area contributed by atoms with E-state index in [1.807, 2.05) is 31.2 Å². The molecule has 27 heavy (non-hydrogen) atoms. The molecule has 4 N–H and O–H groups in total. The van der Waals surface area contributed by atoms with Gasteiger partial charge in [-0.15, -0.1) is 0 Å². The first-order valence-corrected chi connectivity index (χ1v) is 8.91. The molecule has 1 aromatic carbocycles. The fourth-order valence-corrected chi connectivity index (χ4v) is 3.41. The summed E-state index contributed by atoms with van der Waals surface area (Å²) in [5, 5.41) is 0. The number of nitrogen functional groups attached to an aromatic ring is 1. The highest BCUT2D eigenvalue weighted by Gasteiger charge is 2.26. The SMILES string of the molecule is COc1cc(-c2cccc(C(=O)N3CCC(C(N)=O)CC3)c2)c(N)nc1C. The van der Waals surface area contributed by atoms with E-state index in [1.165, 1.54) is 0 Å². The van der Waals surface area contributed by atoms with Gasteiger partial charge in [0.05, 0.1) is 12.8 Å². The van der Waals surface area contributed by atoms with Crippen LogP contribution in [0.1, 0.15) is 28.9 Å². The molecule has 2 aromatic rings. The summed E-state index contributed by atoms with van der Waals surface area (Å²) in [6.07, 6.45) is 1.21. The normalized spacial score (nSPS) is 14.8. The highest BCUT2D eigenvalue weighted by Crippen LogP contribution is 2.31. The monoisotopic (exact) mass is 368 g/mol. The van der Waals surface area contributed by atoms with E-state index < -0.39 is 0 Å². The van der Waals surface area contributed by atoms with Crippen molar-refractivity contribution in [1.82, 2.24) is 9.88 Å². The van der Waals surface area contributed by atoms with Gasteiger partial charge >= 0.3 is 0 Å². The summed E-state index contributed by atoms with van der Waals surface area (Å²) in [6, 6.07) is 9.13. The van der Waals surface area contributed by atoms with Crippen molar-refractivity contribution in [2.24, 2.45) is 11.7 Å². The van der Waals surface area contributed by atoms with Crippen molar-refractivity contribution >= 4 is 17.6 Å². The van der Waals surface area contributed by atoms with Gasteiger partial charge in [-0.05, 0) is 43.5 Å². The highest BCUT2D eigenvalue weighted by molar-refractivity contribution is 5.96. The maximum Gasteiger partial charge on any atom is 0.253 e. The Bertz CT molecular complexity index is 874. The van der Waals surface area contributed by atoms with Crippen LogP contribution in [0.5, 0.6) is 5.75 Å². The minimum absolute atomic E-state index is 0.0645.